The first-order valence-electron chi connectivity index (χ1n) is 6.73. The Hall–Kier alpha value is -1.28. The molecule has 0 radical (unpaired) electrons. The Labute approximate surface area is 110 Å². The van der Waals surface area contributed by atoms with Crippen LogP contribution in [-0.4, -0.2) is 18.8 Å². The third-order valence-electron chi connectivity index (χ3n) is 3.13. The minimum atomic E-state index is -0.0464. The molecule has 2 nitrogen and oxygen atoms in total. The second-order valence-electron chi connectivity index (χ2n) is 5.05. The zero-order chi connectivity index (χ0) is 12.8. The van der Waals surface area contributed by atoms with Gasteiger partial charge in [-0.15, -0.1) is 0 Å². The normalized spacial score (nSPS) is 22.3. The third kappa shape index (κ3) is 3.88. The van der Waals surface area contributed by atoms with E-state index < -0.39 is 0 Å². The standard InChI is InChI=1S/C16H22O2/c1-3-4-5-6-9-14-10-7-8-11-15(14)17-12-16(2)13-18-16/h4-5,7-8,10-11H,3,6,9,12-13H2,1-2H3/b5-4+. The lowest BCUT2D eigenvalue weighted by molar-refractivity contribution is 0.201. The van der Waals surface area contributed by atoms with Crippen LogP contribution in [0.2, 0.25) is 0 Å². The van der Waals surface area contributed by atoms with Gasteiger partial charge < -0.3 is 9.47 Å². The average Bonchev–Trinajstić information content (AvgIpc) is 3.12. The van der Waals surface area contributed by atoms with Crippen molar-refractivity contribution in [2.45, 2.75) is 38.7 Å². The molecule has 1 aromatic carbocycles. The molecule has 0 saturated carbocycles. The van der Waals surface area contributed by atoms with Crippen LogP contribution in [0, 0.1) is 0 Å². The number of benzene rings is 1. The van der Waals surface area contributed by atoms with Gasteiger partial charge in [0.25, 0.3) is 0 Å². The molecule has 1 aliphatic heterocycles. The predicted molar refractivity (Wildman–Crippen MR) is 74.0 cm³/mol. The third-order valence-corrected chi connectivity index (χ3v) is 3.13. The lowest BCUT2D eigenvalue weighted by atomic mass is 10.1. The maximum atomic E-state index is 5.87. The molecule has 0 N–H and O–H groups in total. The van der Waals surface area contributed by atoms with Crippen LogP contribution in [-0.2, 0) is 11.2 Å². The molecule has 0 bridgehead atoms. The maximum Gasteiger partial charge on any atom is 0.123 e. The van der Waals surface area contributed by atoms with Crippen molar-refractivity contribution < 1.29 is 9.47 Å². The molecule has 0 amide bonds. The highest BCUT2D eigenvalue weighted by molar-refractivity contribution is 5.33. The molecule has 1 saturated heterocycles. The van der Waals surface area contributed by atoms with Crippen molar-refractivity contribution >= 4 is 0 Å². The van der Waals surface area contributed by atoms with Crippen LogP contribution in [0.4, 0.5) is 0 Å². The van der Waals surface area contributed by atoms with E-state index in [-0.39, 0.29) is 5.60 Å². The number of epoxide rings is 1. The van der Waals surface area contributed by atoms with Crippen LogP contribution in [0.25, 0.3) is 0 Å². The molecule has 1 aliphatic rings. The molecular formula is C16H22O2. The first-order valence-corrected chi connectivity index (χ1v) is 6.73. The van der Waals surface area contributed by atoms with Crippen molar-refractivity contribution in [2.75, 3.05) is 13.2 Å². The van der Waals surface area contributed by atoms with E-state index in [2.05, 4.69) is 38.1 Å². The van der Waals surface area contributed by atoms with Crippen LogP contribution in [0.3, 0.4) is 0 Å². The Morgan fingerprint density at radius 1 is 1.33 bits per heavy atom. The number of para-hydroxylation sites is 1. The molecular weight excluding hydrogens is 224 g/mol. The quantitative estimate of drug-likeness (QED) is 0.540. The summed E-state index contributed by atoms with van der Waals surface area (Å²) in [6.45, 7) is 5.70. The monoisotopic (exact) mass is 246 g/mol. The Morgan fingerprint density at radius 2 is 2.11 bits per heavy atom. The molecule has 98 valence electrons. The largest absolute Gasteiger partial charge is 0.490 e. The van der Waals surface area contributed by atoms with E-state index in [9.17, 15) is 0 Å². The van der Waals surface area contributed by atoms with Crippen LogP contribution in [0.1, 0.15) is 32.3 Å². The number of rotatable bonds is 7. The van der Waals surface area contributed by atoms with Gasteiger partial charge in [0.2, 0.25) is 0 Å². The summed E-state index contributed by atoms with van der Waals surface area (Å²) in [5.41, 5.74) is 1.23. The van der Waals surface area contributed by atoms with E-state index >= 15 is 0 Å². The fourth-order valence-corrected chi connectivity index (χ4v) is 1.81. The van der Waals surface area contributed by atoms with Crippen molar-refractivity contribution in [1.29, 1.82) is 0 Å². The highest BCUT2D eigenvalue weighted by Crippen LogP contribution is 2.28. The van der Waals surface area contributed by atoms with Gasteiger partial charge in [0.05, 0.1) is 6.61 Å². The van der Waals surface area contributed by atoms with Crippen LogP contribution in [0.15, 0.2) is 36.4 Å². The van der Waals surface area contributed by atoms with E-state index in [0.717, 1.165) is 31.6 Å². The minimum Gasteiger partial charge on any atom is -0.490 e. The van der Waals surface area contributed by atoms with Crippen molar-refractivity contribution in [2.24, 2.45) is 0 Å². The van der Waals surface area contributed by atoms with Crippen molar-refractivity contribution in [1.82, 2.24) is 0 Å². The van der Waals surface area contributed by atoms with Gasteiger partial charge in [-0.2, -0.15) is 0 Å². The maximum absolute atomic E-state index is 5.87. The van der Waals surface area contributed by atoms with Gasteiger partial charge in [-0.05, 0) is 37.8 Å². The van der Waals surface area contributed by atoms with E-state index in [0.29, 0.717) is 6.61 Å². The first kappa shape index (κ1) is 13.2. The number of allylic oxidation sites excluding steroid dienone is 2. The predicted octanol–water partition coefficient (Wildman–Crippen LogP) is 3.75. The zero-order valence-corrected chi connectivity index (χ0v) is 11.3. The van der Waals surface area contributed by atoms with Gasteiger partial charge in [0, 0.05) is 0 Å². The molecule has 2 rings (SSSR count). The Kier molecular flexibility index (Phi) is 4.43. The summed E-state index contributed by atoms with van der Waals surface area (Å²) < 4.78 is 11.2. The smallest absolute Gasteiger partial charge is 0.123 e. The first-order chi connectivity index (χ1) is 8.73. The fraction of sp³-hybridized carbons (Fsp3) is 0.500. The Balaban J connectivity index is 1.89. The zero-order valence-electron chi connectivity index (χ0n) is 11.3. The number of ether oxygens (including phenoxy) is 2. The van der Waals surface area contributed by atoms with Crippen molar-refractivity contribution in [3.63, 3.8) is 0 Å². The van der Waals surface area contributed by atoms with Gasteiger partial charge >= 0.3 is 0 Å². The highest BCUT2D eigenvalue weighted by Gasteiger charge is 2.40. The molecule has 0 aromatic heterocycles. The highest BCUT2D eigenvalue weighted by atomic mass is 16.6. The molecule has 1 atom stereocenters. The molecule has 0 aliphatic carbocycles. The van der Waals surface area contributed by atoms with E-state index in [1.54, 1.807) is 0 Å². The van der Waals surface area contributed by atoms with Crippen molar-refractivity contribution in [3.05, 3.63) is 42.0 Å². The van der Waals surface area contributed by atoms with Crippen LogP contribution >= 0.6 is 0 Å². The Morgan fingerprint density at radius 3 is 2.83 bits per heavy atom. The van der Waals surface area contributed by atoms with E-state index in [1.807, 2.05) is 12.1 Å². The van der Waals surface area contributed by atoms with Crippen molar-refractivity contribution in [3.8, 4) is 5.75 Å². The molecule has 2 heteroatoms. The molecule has 1 unspecified atom stereocenters. The molecule has 0 spiro atoms. The topological polar surface area (TPSA) is 21.8 Å². The lowest BCUT2D eigenvalue weighted by Crippen LogP contribution is -2.17. The minimum absolute atomic E-state index is 0.0464. The molecule has 18 heavy (non-hydrogen) atoms. The molecule has 1 heterocycles. The summed E-state index contributed by atoms with van der Waals surface area (Å²) in [6, 6.07) is 8.29. The average molecular weight is 246 g/mol. The summed E-state index contributed by atoms with van der Waals surface area (Å²) in [6.07, 6.45) is 7.66. The van der Waals surface area contributed by atoms with Gasteiger partial charge in [0.15, 0.2) is 0 Å². The van der Waals surface area contributed by atoms with Gasteiger partial charge in [0.1, 0.15) is 18.0 Å². The van der Waals surface area contributed by atoms with Crippen LogP contribution in [0.5, 0.6) is 5.75 Å². The van der Waals surface area contributed by atoms with E-state index in [4.69, 9.17) is 9.47 Å². The molecule has 1 fully saturated rings. The number of hydrogen-bond donors (Lipinski definition) is 0. The molecule has 1 aromatic rings. The van der Waals surface area contributed by atoms with Gasteiger partial charge in [-0.3, -0.25) is 0 Å². The number of hydrogen-bond acceptors (Lipinski definition) is 2. The summed E-state index contributed by atoms with van der Waals surface area (Å²) in [5.74, 6) is 0.999. The Bertz CT molecular complexity index is 405. The number of aryl methyl sites for hydroxylation is 1. The summed E-state index contributed by atoms with van der Waals surface area (Å²) in [7, 11) is 0. The van der Waals surface area contributed by atoms with E-state index in [1.165, 1.54) is 5.56 Å². The summed E-state index contributed by atoms with van der Waals surface area (Å²) >= 11 is 0. The van der Waals surface area contributed by atoms with Crippen LogP contribution < -0.4 is 4.74 Å². The second kappa shape index (κ2) is 6.05. The second-order valence-corrected chi connectivity index (χ2v) is 5.05. The summed E-state index contributed by atoms with van der Waals surface area (Å²) in [5, 5.41) is 0. The van der Waals surface area contributed by atoms with Gasteiger partial charge in [-0.1, -0.05) is 37.3 Å². The SMILES string of the molecule is CC/C=C/CCc1ccccc1OCC1(C)CO1. The summed E-state index contributed by atoms with van der Waals surface area (Å²) in [4.78, 5) is 0. The fourth-order valence-electron chi connectivity index (χ4n) is 1.81. The lowest BCUT2D eigenvalue weighted by Gasteiger charge is -2.12. The van der Waals surface area contributed by atoms with Gasteiger partial charge in [-0.25, -0.2) is 0 Å².